The molecular formula is C42H70O8. The standard InChI is InChI=1S/C42H70O8/c1-9-17-21-31(13-5)27-47-39(43)35-25-37(41(45)49-29-33(15-7)23-19-11-3)38(42(46)50-30-34(16-8)24-20-12-4)26-36(35)40(44)48-28-32(14-6)22-18-10-2/h25-26,31-34H,9-24,27-30H2,1-8H3/t31-,32+,33-,34+. The topological polar surface area (TPSA) is 105 Å². The molecule has 0 heterocycles. The van der Waals surface area contributed by atoms with Gasteiger partial charge in [-0.1, -0.05) is 132 Å². The van der Waals surface area contributed by atoms with Crippen molar-refractivity contribution < 1.29 is 38.1 Å². The fourth-order valence-corrected chi connectivity index (χ4v) is 5.95. The molecule has 0 saturated heterocycles. The molecule has 0 aliphatic heterocycles. The van der Waals surface area contributed by atoms with Crippen LogP contribution in [-0.4, -0.2) is 50.3 Å². The Bertz CT molecular complexity index is 959. The van der Waals surface area contributed by atoms with E-state index in [0.717, 1.165) is 103 Å². The second-order valence-corrected chi connectivity index (χ2v) is 14.0. The average Bonchev–Trinajstić information content (AvgIpc) is 3.14. The maximum absolute atomic E-state index is 13.7. The van der Waals surface area contributed by atoms with E-state index in [4.69, 9.17) is 18.9 Å². The van der Waals surface area contributed by atoms with Crippen molar-refractivity contribution in [1.29, 1.82) is 0 Å². The highest BCUT2D eigenvalue weighted by Gasteiger charge is 2.30. The summed E-state index contributed by atoms with van der Waals surface area (Å²) in [5.41, 5.74) is -0.452. The van der Waals surface area contributed by atoms with Gasteiger partial charge in [-0.25, -0.2) is 19.2 Å². The molecule has 8 heteroatoms. The van der Waals surface area contributed by atoms with Crippen molar-refractivity contribution >= 4 is 23.9 Å². The molecule has 8 nitrogen and oxygen atoms in total. The van der Waals surface area contributed by atoms with Gasteiger partial charge >= 0.3 is 23.9 Å². The zero-order valence-corrected chi connectivity index (χ0v) is 32.9. The van der Waals surface area contributed by atoms with Crippen molar-refractivity contribution in [1.82, 2.24) is 0 Å². The highest BCUT2D eigenvalue weighted by Crippen LogP contribution is 2.25. The number of hydrogen-bond acceptors (Lipinski definition) is 8. The van der Waals surface area contributed by atoms with Crippen molar-refractivity contribution in [3.05, 3.63) is 34.4 Å². The molecule has 0 aliphatic rings. The van der Waals surface area contributed by atoms with Gasteiger partial charge in [0.15, 0.2) is 0 Å². The van der Waals surface area contributed by atoms with E-state index in [1.54, 1.807) is 0 Å². The van der Waals surface area contributed by atoms with E-state index in [-0.39, 0.29) is 72.4 Å². The molecule has 0 unspecified atom stereocenters. The lowest BCUT2D eigenvalue weighted by atomic mass is 9.96. The molecular weight excluding hydrogens is 632 g/mol. The Hall–Kier alpha value is -2.90. The molecule has 0 fully saturated rings. The van der Waals surface area contributed by atoms with Gasteiger partial charge in [-0.15, -0.1) is 0 Å². The molecule has 0 radical (unpaired) electrons. The van der Waals surface area contributed by atoms with Crippen LogP contribution in [0.25, 0.3) is 0 Å². The van der Waals surface area contributed by atoms with Gasteiger partial charge in [0.05, 0.1) is 48.7 Å². The van der Waals surface area contributed by atoms with E-state index in [1.165, 1.54) is 12.1 Å². The predicted octanol–water partition coefficient (Wildman–Crippen LogP) is 11.2. The smallest absolute Gasteiger partial charge is 0.339 e. The summed E-state index contributed by atoms with van der Waals surface area (Å²) >= 11 is 0. The molecule has 0 saturated carbocycles. The summed E-state index contributed by atoms with van der Waals surface area (Å²) in [5.74, 6) is -2.26. The van der Waals surface area contributed by atoms with Crippen LogP contribution >= 0.6 is 0 Å². The molecule has 0 aromatic heterocycles. The van der Waals surface area contributed by atoms with Gasteiger partial charge in [0.2, 0.25) is 0 Å². The summed E-state index contributed by atoms with van der Waals surface area (Å²) in [5, 5.41) is 0. The van der Waals surface area contributed by atoms with Crippen molar-refractivity contribution in [3.8, 4) is 0 Å². The van der Waals surface area contributed by atoms with Crippen LogP contribution in [0.15, 0.2) is 12.1 Å². The minimum Gasteiger partial charge on any atom is -0.462 e. The first-order valence-corrected chi connectivity index (χ1v) is 20.0. The molecule has 0 amide bonds. The molecule has 0 aliphatic carbocycles. The quantitative estimate of drug-likeness (QED) is 0.0627. The Morgan fingerprint density at radius 2 is 0.600 bits per heavy atom. The number of hydrogen-bond donors (Lipinski definition) is 0. The van der Waals surface area contributed by atoms with Crippen LogP contribution in [0.1, 0.15) is 200 Å². The van der Waals surface area contributed by atoms with E-state index >= 15 is 0 Å². The second kappa shape index (κ2) is 26.8. The molecule has 1 rings (SSSR count). The van der Waals surface area contributed by atoms with Crippen LogP contribution in [0, 0.1) is 23.7 Å². The largest absolute Gasteiger partial charge is 0.462 e. The van der Waals surface area contributed by atoms with Gasteiger partial charge < -0.3 is 18.9 Å². The van der Waals surface area contributed by atoms with E-state index in [1.807, 2.05) is 0 Å². The summed E-state index contributed by atoms with van der Waals surface area (Å²) in [6, 6.07) is 2.56. The third kappa shape index (κ3) is 16.4. The Morgan fingerprint density at radius 3 is 0.760 bits per heavy atom. The monoisotopic (exact) mass is 703 g/mol. The number of rotatable bonds is 28. The summed E-state index contributed by atoms with van der Waals surface area (Å²) in [6.07, 6.45) is 15.3. The number of benzene rings is 1. The Labute approximate surface area is 304 Å². The molecule has 286 valence electrons. The first-order chi connectivity index (χ1) is 24.1. The summed E-state index contributed by atoms with van der Waals surface area (Å²) < 4.78 is 23.1. The maximum Gasteiger partial charge on any atom is 0.339 e. The van der Waals surface area contributed by atoms with Gasteiger partial charge in [-0.2, -0.15) is 0 Å². The number of carbonyl (C=O) groups excluding carboxylic acids is 4. The third-order valence-electron chi connectivity index (χ3n) is 10.0. The predicted molar refractivity (Wildman–Crippen MR) is 201 cm³/mol. The van der Waals surface area contributed by atoms with Gasteiger partial charge in [-0.05, 0) is 61.5 Å². The first-order valence-electron chi connectivity index (χ1n) is 20.0. The van der Waals surface area contributed by atoms with Crippen LogP contribution in [0.2, 0.25) is 0 Å². The fourth-order valence-electron chi connectivity index (χ4n) is 5.95. The molecule has 1 aromatic rings. The van der Waals surface area contributed by atoms with Crippen molar-refractivity contribution in [2.24, 2.45) is 23.7 Å². The Balaban J connectivity index is 3.65. The number of carbonyl (C=O) groups is 4. The first kappa shape index (κ1) is 45.1. The lowest BCUT2D eigenvalue weighted by Gasteiger charge is -2.20. The van der Waals surface area contributed by atoms with Crippen molar-refractivity contribution in [3.63, 3.8) is 0 Å². The maximum atomic E-state index is 13.7. The summed E-state index contributed by atoms with van der Waals surface area (Å²) in [7, 11) is 0. The van der Waals surface area contributed by atoms with Gasteiger partial charge in [0.25, 0.3) is 0 Å². The zero-order valence-electron chi connectivity index (χ0n) is 32.9. The van der Waals surface area contributed by atoms with E-state index in [0.29, 0.717) is 0 Å². The molecule has 0 N–H and O–H groups in total. The molecule has 0 bridgehead atoms. The molecule has 4 atom stereocenters. The van der Waals surface area contributed by atoms with Crippen molar-refractivity contribution in [2.75, 3.05) is 26.4 Å². The van der Waals surface area contributed by atoms with Gasteiger partial charge in [-0.3, -0.25) is 0 Å². The van der Waals surface area contributed by atoms with Crippen LogP contribution in [0.3, 0.4) is 0 Å². The zero-order chi connectivity index (χ0) is 37.3. The second-order valence-electron chi connectivity index (χ2n) is 14.0. The van der Waals surface area contributed by atoms with Gasteiger partial charge in [0.1, 0.15) is 0 Å². The van der Waals surface area contributed by atoms with Crippen LogP contribution < -0.4 is 0 Å². The molecule has 0 spiro atoms. The molecule has 50 heavy (non-hydrogen) atoms. The summed E-state index contributed by atoms with van der Waals surface area (Å²) in [6.45, 7) is 17.5. The average molecular weight is 703 g/mol. The number of ether oxygens (including phenoxy) is 4. The van der Waals surface area contributed by atoms with Crippen molar-refractivity contribution in [2.45, 2.75) is 158 Å². The number of unbranched alkanes of at least 4 members (excludes halogenated alkanes) is 4. The minimum absolute atomic E-state index is 0.113. The normalized spacial score (nSPS) is 13.6. The van der Waals surface area contributed by atoms with Crippen LogP contribution in [0.5, 0.6) is 0 Å². The number of esters is 4. The molecule has 1 aromatic carbocycles. The highest BCUT2D eigenvalue weighted by molar-refractivity contribution is 6.10. The minimum atomic E-state index is -0.737. The van der Waals surface area contributed by atoms with Gasteiger partial charge in [0, 0.05) is 0 Å². The van der Waals surface area contributed by atoms with Crippen LogP contribution in [0.4, 0.5) is 0 Å². The van der Waals surface area contributed by atoms with E-state index < -0.39 is 23.9 Å². The van der Waals surface area contributed by atoms with E-state index in [9.17, 15) is 19.2 Å². The SMILES string of the molecule is CCCC[C@@H](CC)COC(=O)c1cc(C(=O)OC[C@H](CC)CCCC)c(C(=O)OC[C@@H](CC)CCCC)cc1C(=O)OC[C@@H](CC)CCCC. The Kier molecular flexibility index (Phi) is 24.2. The third-order valence-corrected chi connectivity index (χ3v) is 10.0. The van der Waals surface area contributed by atoms with Crippen LogP contribution in [-0.2, 0) is 18.9 Å². The lowest BCUT2D eigenvalue weighted by molar-refractivity contribution is 0.0365. The van der Waals surface area contributed by atoms with E-state index in [2.05, 4.69) is 55.4 Å². The lowest BCUT2D eigenvalue weighted by Crippen LogP contribution is -2.24. The summed E-state index contributed by atoms with van der Waals surface area (Å²) in [4.78, 5) is 55.0. The highest BCUT2D eigenvalue weighted by atomic mass is 16.5. The Morgan fingerprint density at radius 1 is 0.400 bits per heavy atom. The fraction of sp³-hybridized carbons (Fsp3) is 0.762.